The molecule has 7 heteroatoms. The van der Waals surface area contributed by atoms with E-state index in [9.17, 15) is 14.0 Å². The second-order valence-corrected chi connectivity index (χ2v) is 7.33. The van der Waals surface area contributed by atoms with Crippen molar-refractivity contribution in [2.75, 3.05) is 32.1 Å². The summed E-state index contributed by atoms with van der Waals surface area (Å²) < 4.78 is 19.0. The summed E-state index contributed by atoms with van der Waals surface area (Å²) in [6.45, 7) is 1.82. The number of methoxy groups -OCH3 is 1. The third kappa shape index (κ3) is 2.45. The van der Waals surface area contributed by atoms with Crippen LogP contribution in [0.15, 0.2) is 18.2 Å². The van der Waals surface area contributed by atoms with Gasteiger partial charge in [-0.2, -0.15) is 0 Å². The molecular formula is C19H24FN3O3. The third-order valence-corrected chi connectivity index (χ3v) is 5.97. The van der Waals surface area contributed by atoms with Gasteiger partial charge in [0.15, 0.2) is 0 Å². The maximum Gasteiger partial charge on any atom is 0.250 e. The van der Waals surface area contributed by atoms with E-state index in [-0.39, 0.29) is 23.7 Å². The Balaban J connectivity index is 1.70. The lowest BCUT2D eigenvalue weighted by atomic mass is 9.78. The highest BCUT2D eigenvalue weighted by molar-refractivity contribution is 6.09. The molecule has 1 spiro atoms. The second-order valence-electron chi connectivity index (χ2n) is 7.33. The van der Waals surface area contributed by atoms with Crippen LogP contribution in [0.1, 0.15) is 31.2 Å². The molecule has 2 N–H and O–H groups in total. The van der Waals surface area contributed by atoms with E-state index in [0.29, 0.717) is 37.2 Å². The van der Waals surface area contributed by atoms with Gasteiger partial charge in [0.25, 0.3) is 0 Å². The highest BCUT2D eigenvalue weighted by Crippen LogP contribution is 2.55. The van der Waals surface area contributed by atoms with Gasteiger partial charge in [-0.05, 0) is 50.4 Å². The fourth-order valence-electron chi connectivity index (χ4n) is 4.95. The van der Waals surface area contributed by atoms with Gasteiger partial charge in [0, 0.05) is 37.6 Å². The van der Waals surface area contributed by atoms with Crippen LogP contribution in [0.2, 0.25) is 0 Å². The molecule has 3 aliphatic heterocycles. The molecule has 0 aliphatic carbocycles. The molecule has 6 nitrogen and oxygen atoms in total. The standard InChI is InChI=1S/C19H24FN3O3/c1-26-9-3-7-21-17(24)15-11-13-4-2-8-23(13)19(15)14-10-12(20)5-6-16(14)22-18(19)25/h5-6,10,13,15H,2-4,7-9,11H2,1H3,(H,21,24)(H,22,25)/t13-,15-,19-/m0/s1. The number of benzene rings is 1. The lowest BCUT2D eigenvalue weighted by molar-refractivity contribution is -0.137. The van der Waals surface area contributed by atoms with E-state index >= 15 is 0 Å². The minimum absolute atomic E-state index is 0.136. The van der Waals surface area contributed by atoms with E-state index in [0.717, 1.165) is 19.4 Å². The zero-order valence-corrected chi connectivity index (χ0v) is 14.9. The normalized spacial score (nSPS) is 29.7. The molecule has 26 heavy (non-hydrogen) atoms. The van der Waals surface area contributed by atoms with Gasteiger partial charge in [0.05, 0.1) is 5.92 Å². The van der Waals surface area contributed by atoms with E-state index in [1.165, 1.54) is 12.1 Å². The van der Waals surface area contributed by atoms with Gasteiger partial charge in [-0.3, -0.25) is 14.5 Å². The topological polar surface area (TPSA) is 70.7 Å². The molecule has 0 radical (unpaired) electrons. The molecule has 3 aliphatic rings. The Morgan fingerprint density at radius 1 is 1.50 bits per heavy atom. The molecule has 1 aromatic rings. The molecule has 3 atom stereocenters. The summed E-state index contributed by atoms with van der Waals surface area (Å²) in [6, 6.07) is 4.53. The summed E-state index contributed by atoms with van der Waals surface area (Å²) in [4.78, 5) is 28.2. The van der Waals surface area contributed by atoms with Crippen molar-refractivity contribution in [3.8, 4) is 0 Å². The van der Waals surface area contributed by atoms with E-state index in [1.807, 2.05) is 0 Å². The first-order chi connectivity index (χ1) is 12.6. The molecule has 2 fully saturated rings. The number of carbonyl (C=O) groups excluding carboxylic acids is 2. The van der Waals surface area contributed by atoms with Gasteiger partial charge < -0.3 is 15.4 Å². The smallest absolute Gasteiger partial charge is 0.250 e. The highest BCUT2D eigenvalue weighted by atomic mass is 19.1. The Hall–Kier alpha value is -1.99. The number of rotatable bonds is 5. The Kier molecular flexibility index (Phi) is 4.44. The van der Waals surface area contributed by atoms with Crippen molar-refractivity contribution in [1.29, 1.82) is 0 Å². The Morgan fingerprint density at radius 3 is 3.15 bits per heavy atom. The van der Waals surface area contributed by atoms with Gasteiger partial charge in [-0.15, -0.1) is 0 Å². The van der Waals surface area contributed by atoms with E-state index in [1.54, 1.807) is 13.2 Å². The predicted octanol–water partition coefficient (Wildman–Crippen LogP) is 1.61. The molecule has 2 amide bonds. The number of nitrogens with one attached hydrogen (secondary N) is 2. The Labute approximate surface area is 152 Å². The minimum atomic E-state index is -1.09. The average Bonchev–Trinajstić information content (AvgIpc) is 3.27. The van der Waals surface area contributed by atoms with Crippen LogP contribution in [0, 0.1) is 11.7 Å². The van der Waals surface area contributed by atoms with Gasteiger partial charge in [0.2, 0.25) is 11.8 Å². The molecule has 3 heterocycles. The first kappa shape index (κ1) is 17.4. The van der Waals surface area contributed by atoms with Crippen molar-refractivity contribution >= 4 is 17.5 Å². The summed E-state index contributed by atoms with van der Waals surface area (Å²) in [5, 5.41) is 5.83. The molecule has 1 aromatic carbocycles. The summed E-state index contributed by atoms with van der Waals surface area (Å²) in [5.41, 5.74) is 0.120. The van der Waals surface area contributed by atoms with Crippen LogP contribution in [0.3, 0.4) is 0 Å². The number of nitrogens with zero attached hydrogens (tertiary/aromatic N) is 1. The number of anilines is 1. The first-order valence-corrected chi connectivity index (χ1v) is 9.24. The first-order valence-electron chi connectivity index (χ1n) is 9.24. The van der Waals surface area contributed by atoms with Gasteiger partial charge >= 0.3 is 0 Å². The second kappa shape index (κ2) is 6.63. The largest absolute Gasteiger partial charge is 0.385 e. The van der Waals surface area contributed by atoms with E-state index in [4.69, 9.17) is 4.74 Å². The number of amides is 2. The fourth-order valence-corrected chi connectivity index (χ4v) is 4.95. The lowest BCUT2D eigenvalue weighted by Gasteiger charge is -2.36. The van der Waals surface area contributed by atoms with Crippen LogP contribution >= 0.6 is 0 Å². The summed E-state index contributed by atoms with van der Waals surface area (Å²) in [6.07, 6.45) is 3.30. The van der Waals surface area contributed by atoms with Crippen LogP contribution in [-0.2, 0) is 19.9 Å². The number of halogens is 1. The van der Waals surface area contributed by atoms with Crippen LogP contribution in [0.5, 0.6) is 0 Å². The molecule has 0 bridgehead atoms. The van der Waals surface area contributed by atoms with Gasteiger partial charge in [-0.25, -0.2) is 4.39 Å². The molecule has 0 unspecified atom stereocenters. The minimum Gasteiger partial charge on any atom is -0.385 e. The van der Waals surface area contributed by atoms with Gasteiger partial charge in [0.1, 0.15) is 11.4 Å². The van der Waals surface area contributed by atoms with Crippen molar-refractivity contribution in [3.05, 3.63) is 29.6 Å². The van der Waals surface area contributed by atoms with Crippen molar-refractivity contribution in [3.63, 3.8) is 0 Å². The molecule has 0 saturated carbocycles. The van der Waals surface area contributed by atoms with Crippen molar-refractivity contribution in [1.82, 2.24) is 10.2 Å². The van der Waals surface area contributed by atoms with E-state index in [2.05, 4.69) is 15.5 Å². The quantitative estimate of drug-likeness (QED) is 0.782. The Bertz CT molecular complexity index is 741. The summed E-state index contributed by atoms with van der Waals surface area (Å²) in [7, 11) is 1.62. The summed E-state index contributed by atoms with van der Waals surface area (Å²) >= 11 is 0. The molecule has 140 valence electrons. The third-order valence-electron chi connectivity index (χ3n) is 5.97. The lowest BCUT2D eigenvalue weighted by Crippen LogP contribution is -2.54. The number of hydrogen-bond acceptors (Lipinski definition) is 4. The predicted molar refractivity (Wildman–Crippen MR) is 94.0 cm³/mol. The Morgan fingerprint density at radius 2 is 2.35 bits per heavy atom. The summed E-state index contributed by atoms with van der Waals surface area (Å²) in [5.74, 6) is -1.25. The van der Waals surface area contributed by atoms with Gasteiger partial charge in [-0.1, -0.05) is 0 Å². The van der Waals surface area contributed by atoms with Crippen LogP contribution < -0.4 is 10.6 Å². The highest BCUT2D eigenvalue weighted by Gasteiger charge is 2.65. The maximum atomic E-state index is 14.0. The average molecular weight is 361 g/mol. The SMILES string of the molecule is COCCCNC(=O)[C@@H]1C[C@@H]2CCCN2[C@]12C(=O)Nc1ccc(F)cc12. The monoisotopic (exact) mass is 361 g/mol. The maximum absolute atomic E-state index is 14.0. The number of fused-ring (bicyclic) bond motifs is 4. The molecule has 0 aromatic heterocycles. The van der Waals surface area contributed by atoms with Crippen LogP contribution in [0.25, 0.3) is 0 Å². The van der Waals surface area contributed by atoms with Crippen molar-refractivity contribution < 1.29 is 18.7 Å². The molecular weight excluding hydrogens is 337 g/mol. The van der Waals surface area contributed by atoms with Crippen molar-refractivity contribution in [2.24, 2.45) is 5.92 Å². The number of hydrogen-bond donors (Lipinski definition) is 2. The zero-order chi connectivity index (χ0) is 18.3. The van der Waals surface area contributed by atoms with Crippen molar-refractivity contribution in [2.45, 2.75) is 37.3 Å². The fraction of sp³-hybridized carbons (Fsp3) is 0.579. The van der Waals surface area contributed by atoms with Crippen LogP contribution in [-0.4, -0.2) is 49.6 Å². The number of carbonyl (C=O) groups is 2. The number of ether oxygens (including phenoxy) is 1. The zero-order valence-electron chi connectivity index (χ0n) is 14.9. The molecule has 2 saturated heterocycles. The van der Waals surface area contributed by atoms with Crippen LogP contribution in [0.4, 0.5) is 10.1 Å². The molecule has 4 rings (SSSR count). The van der Waals surface area contributed by atoms with E-state index < -0.39 is 11.5 Å².